The molecule has 0 radical (unpaired) electrons. The maximum absolute atomic E-state index is 10.4. The van der Waals surface area contributed by atoms with Gasteiger partial charge in [-0.25, -0.2) is 4.98 Å². The maximum Gasteiger partial charge on any atom is 0.122 e. The van der Waals surface area contributed by atoms with Crippen LogP contribution < -0.4 is 4.74 Å². The second-order valence-electron chi connectivity index (χ2n) is 7.83. The van der Waals surface area contributed by atoms with Crippen molar-refractivity contribution in [1.82, 2.24) is 9.88 Å². The van der Waals surface area contributed by atoms with E-state index in [1.165, 1.54) is 15.3 Å². The number of hydrogen-bond donors (Lipinski definition) is 1. The zero-order chi connectivity index (χ0) is 19.5. The lowest BCUT2D eigenvalue weighted by atomic mass is 9.97. The Bertz CT molecular complexity index is 898. The van der Waals surface area contributed by atoms with Crippen molar-refractivity contribution in [3.05, 3.63) is 58.6 Å². The molecular weight excluding hydrogens is 368 g/mol. The van der Waals surface area contributed by atoms with Crippen molar-refractivity contribution in [3.8, 4) is 5.75 Å². The fraction of sp³-hybridized carbons (Fsp3) is 0.435. The number of β-amino-alcohol motifs (C(OH)–C–C–N with tert-alkyl or cyclic N) is 1. The summed E-state index contributed by atoms with van der Waals surface area (Å²) >= 11 is 1.83. The number of ether oxygens (including phenoxy) is 1. The largest absolute Gasteiger partial charge is 0.491 e. The van der Waals surface area contributed by atoms with E-state index in [9.17, 15) is 5.11 Å². The van der Waals surface area contributed by atoms with Crippen LogP contribution in [0.15, 0.2) is 42.5 Å². The van der Waals surface area contributed by atoms with E-state index in [4.69, 9.17) is 9.72 Å². The molecule has 0 spiro atoms. The van der Waals surface area contributed by atoms with E-state index in [0.29, 0.717) is 19.1 Å². The summed E-state index contributed by atoms with van der Waals surface area (Å²) in [5.41, 5.74) is 3.39. The topological polar surface area (TPSA) is 45.6 Å². The quantitative estimate of drug-likeness (QED) is 0.665. The number of aromatic nitrogens is 1. The van der Waals surface area contributed by atoms with Gasteiger partial charge < -0.3 is 14.7 Å². The van der Waals surface area contributed by atoms with Gasteiger partial charge in [-0.15, -0.1) is 11.3 Å². The van der Waals surface area contributed by atoms with Gasteiger partial charge in [-0.05, 0) is 69.1 Å². The van der Waals surface area contributed by atoms with Crippen molar-refractivity contribution in [2.75, 3.05) is 26.2 Å². The number of likely N-dealkylation sites (tertiary alicyclic amines) is 1. The smallest absolute Gasteiger partial charge is 0.122 e. The Hall–Kier alpha value is -1.95. The fourth-order valence-electron chi connectivity index (χ4n) is 3.83. The number of rotatable bonds is 6. The van der Waals surface area contributed by atoms with Crippen LogP contribution in [-0.4, -0.2) is 47.3 Å². The van der Waals surface area contributed by atoms with Gasteiger partial charge in [-0.1, -0.05) is 24.3 Å². The first kappa shape index (κ1) is 19.4. The molecule has 0 bridgehead atoms. The van der Waals surface area contributed by atoms with E-state index >= 15 is 0 Å². The molecule has 1 aliphatic heterocycles. The van der Waals surface area contributed by atoms with Gasteiger partial charge in [0.1, 0.15) is 18.5 Å². The molecular formula is C23H28N2O2S. The fourth-order valence-corrected chi connectivity index (χ4v) is 4.96. The molecule has 148 valence electrons. The first-order chi connectivity index (χ1) is 13.6. The zero-order valence-electron chi connectivity index (χ0n) is 16.6. The third kappa shape index (κ3) is 4.54. The number of thiazole rings is 1. The molecule has 2 heterocycles. The number of hydrogen-bond acceptors (Lipinski definition) is 5. The van der Waals surface area contributed by atoms with Gasteiger partial charge in [0.2, 0.25) is 0 Å². The number of aryl methyl sites for hydroxylation is 2. The summed E-state index contributed by atoms with van der Waals surface area (Å²) in [5.74, 6) is 1.41. The molecule has 1 aromatic heterocycles. The molecule has 4 nitrogen and oxygen atoms in total. The van der Waals surface area contributed by atoms with Gasteiger partial charge in [0.05, 0.1) is 15.2 Å². The van der Waals surface area contributed by atoms with Crippen LogP contribution in [-0.2, 0) is 0 Å². The van der Waals surface area contributed by atoms with Crippen molar-refractivity contribution in [3.63, 3.8) is 0 Å². The van der Waals surface area contributed by atoms with Crippen LogP contribution in [0.1, 0.15) is 34.9 Å². The van der Waals surface area contributed by atoms with Crippen molar-refractivity contribution < 1.29 is 9.84 Å². The monoisotopic (exact) mass is 396 g/mol. The highest BCUT2D eigenvalue weighted by molar-refractivity contribution is 7.18. The van der Waals surface area contributed by atoms with Crippen LogP contribution in [0, 0.1) is 13.8 Å². The van der Waals surface area contributed by atoms with E-state index in [0.717, 1.165) is 42.8 Å². The van der Waals surface area contributed by atoms with Crippen molar-refractivity contribution in [1.29, 1.82) is 0 Å². The van der Waals surface area contributed by atoms with E-state index in [1.807, 2.05) is 24.3 Å². The van der Waals surface area contributed by atoms with Gasteiger partial charge in [0, 0.05) is 12.5 Å². The van der Waals surface area contributed by atoms with E-state index in [1.54, 1.807) is 0 Å². The molecule has 1 N–H and O–H groups in total. The molecule has 28 heavy (non-hydrogen) atoms. The van der Waals surface area contributed by atoms with Gasteiger partial charge in [0.15, 0.2) is 0 Å². The molecule has 0 amide bonds. The van der Waals surface area contributed by atoms with Gasteiger partial charge in [-0.2, -0.15) is 0 Å². The third-order valence-corrected chi connectivity index (χ3v) is 6.69. The zero-order valence-corrected chi connectivity index (χ0v) is 17.4. The highest BCUT2D eigenvalue weighted by Gasteiger charge is 2.24. The molecule has 5 heteroatoms. The Kier molecular flexibility index (Phi) is 5.95. The molecule has 0 unspecified atom stereocenters. The van der Waals surface area contributed by atoms with Crippen molar-refractivity contribution in [2.45, 2.75) is 38.7 Å². The highest BCUT2D eigenvalue weighted by atomic mass is 32.1. The van der Waals surface area contributed by atoms with E-state index in [-0.39, 0.29) is 0 Å². The molecule has 1 aliphatic rings. The summed E-state index contributed by atoms with van der Waals surface area (Å²) in [6.45, 7) is 7.09. The molecule has 2 aromatic carbocycles. The molecule has 0 aliphatic carbocycles. The lowest BCUT2D eigenvalue weighted by Gasteiger charge is -2.32. The van der Waals surface area contributed by atoms with Gasteiger partial charge in [0.25, 0.3) is 0 Å². The summed E-state index contributed by atoms with van der Waals surface area (Å²) in [6, 6.07) is 14.5. The summed E-state index contributed by atoms with van der Waals surface area (Å²) < 4.78 is 7.14. The minimum absolute atomic E-state index is 0.335. The Balaban J connectivity index is 1.26. The van der Waals surface area contributed by atoms with Gasteiger partial charge >= 0.3 is 0 Å². The number of fused-ring (bicyclic) bond motifs is 1. The van der Waals surface area contributed by atoms with Crippen molar-refractivity contribution in [2.24, 2.45) is 0 Å². The SMILES string of the molecule is Cc1ccc(C)c(OC[C@H](O)CN2CCC(c3nc4ccccc4s3)CC2)c1. The first-order valence-electron chi connectivity index (χ1n) is 10.0. The number of para-hydroxylation sites is 1. The molecule has 1 saturated heterocycles. The second-order valence-corrected chi connectivity index (χ2v) is 8.89. The van der Waals surface area contributed by atoms with Gasteiger partial charge in [-0.3, -0.25) is 0 Å². The van der Waals surface area contributed by atoms with Crippen LogP contribution in [0.3, 0.4) is 0 Å². The number of aliphatic hydroxyl groups is 1. The average molecular weight is 397 g/mol. The normalized spacial score (nSPS) is 17.1. The van der Waals surface area contributed by atoms with Crippen molar-refractivity contribution >= 4 is 21.6 Å². The maximum atomic E-state index is 10.4. The molecule has 1 atom stereocenters. The standard InChI is InChI=1S/C23H28N2O2S/c1-16-7-8-17(2)21(13-16)27-15-19(26)14-25-11-9-18(10-12-25)23-24-20-5-3-4-6-22(20)28-23/h3-8,13,18-19,26H,9-12,14-15H2,1-2H3/t19-/m1/s1. The van der Waals surface area contributed by atoms with Crippen LogP contribution in [0.2, 0.25) is 0 Å². The minimum atomic E-state index is -0.473. The Morgan fingerprint density at radius 3 is 2.75 bits per heavy atom. The highest BCUT2D eigenvalue weighted by Crippen LogP contribution is 2.33. The number of piperidine rings is 1. The Morgan fingerprint density at radius 1 is 1.18 bits per heavy atom. The summed E-state index contributed by atoms with van der Waals surface area (Å²) in [5, 5.41) is 11.7. The molecule has 0 saturated carbocycles. The third-order valence-electron chi connectivity index (χ3n) is 5.49. The average Bonchev–Trinajstić information content (AvgIpc) is 3.13. The lowest BCUT2D eigenvalue weighted by molar-refractivity contribution is 0.0592. The Morgan fingerprint density at radius 2 is 1.96 bits per heavy atom. The van der Waals surface area contributed by atoms with Crippen LogP contribution >= 0.6 is 11.3 Å². The summed E-state index contributed by atoms with van der Waals surface area (Å²) in [7, 11) is 0. The lowest BCUT2D eigenvalue weighted by Crippen LogP contribution is -2.40. The first-order valence-corrected chi connectivity index (χ1v) is 10.9. The predicted octanol–water partition coefficient (Wildman–Crippen LogP) is 4.53. The van der Waals surface area contributed by atoms with E-state index < -0.39 is 6.10 Å². The van der Waals surface area contributed by atoms with Crippen LogP contribution in [0.4, 0.5) is 0 Å². The molecule has 1 fully saturated rings. The number of nitrogens with zero attached hydrogens (tertiary/aromatic N) is 2. The number of aliphatic hydroxyl groups excluding tert-OH is 1. The predicted molar refractivity (Wildman–Crippen MR) is 115 cm³/mol. The molecule has 3 aromatic rings. The molecule has 4 rings (SSSR count). The van der Waals surface area contributed by atoms with Crippen LogP contribution in [0.5, 0.6) is 5.75 Å². The van der Waals surface area contributed by atoms with Crippen LogP contribution in [0.25, 0.3) is 10.2 Å². The van der Waals surface area contributed by atoms with E-state index in [2.05, 4.69) is 48.2 Å². The second kappa shape index (κ2) is 8.60. The summed E-state index contributed by atoms with van der Waals surface area (Å²) in [6.07, 6.45) is 1.73. The number of benzene rings is 2. The Labute approximate surface area is 170 Å². The minimum Gasteiger partial charge on any atom is -0.491 e. The summed E-state index contributed by atoms with van der Waals surface area (Å²) in [4.78, 5) is 7.18.